The second-order valence-corrected chi connectivity index (χ2v) is 7.98. The van der Waals surface area contributed by atoms with Crippen molar-refractivity contribution in [2.75, 3.05) is 6.61 Å². The molecule has 0 aliphatic heterocycles. The van der Waals surface area contributed by atoms with Crippen molar-refractivity contribution in [3.8, 4) is 0 Å². The Kier molecular flexibility index (Phi) is 8.85. The molecule has 0 aromatic heterocycles. The number of hydrogen-bond acceptors (Lipinski definition) is 7. The van der Waals surface area contributed by atoms with Crippen molar-refractivity contribution in [1.82, 2.24) is 0 Å². The Bertz CT molecular complexity index is 565. The van der Waals surface area contributed by atoms with Crippen LogP contribution in [0.4, 0.5) is 0 Å². The van der Waals surface area contributed by atoms with Crippen LogP contribution in [0.1, 0.15) is 52.9 Å². The van der Waals surface area contributed by atoms with Gasteiger partial charge in [0.2, 0.25) is 5.91 Å². The lowest BCUT2D eigenvalue weighted by atomic mass is 9.72. The van der Waals surface area contributed by atoms with Crippen LogP contribution in [0.2, 0.25) is 0 Å². The molecular weight excluding hydrogens is 379 g/mol. The highest BCUT2D eigenvalue weighted by Crippen LogP contribution is 2.49. The van der Waals surface area contributed by atoms with E-state index < -0.39 is 43.4 Å². The second kappa shape index (κ2) is 9.95. The van der Waals surface area contributed by atoms with Crippen LogP contribution in [-0.4, -0.2) is 52.1 Å². The fourth-order valence-electron chi connectivity index (χ4n) is 3.53. The minimum Gasteiger partial charge on any atom is -0.464 e. The number of phosphoric ester groups is 1. The van der Waals surface area contributed by atoms with Gasteiger partial charge in [0.15, 0.2) is 5.60 Å². The molecule has 1 rings (SSSR count). The fraction of sp³-hybridized carbons (Fsp3) is 0.875. The predicted octanol–water partition coefficient (Wildman–Crippen LogP) is 0.584. The predicted molar refractivity (Wildman–Crippen MR) is 96.2 cm³/mol. The van der Waals surface area contributed by atoms with Gasteiger partial charge in [-0.15, -0.1) is 0 Å². The molecule has 10 nitrogen and oxygen atoms in total. The Labute approximate surface area is 159 Å². The van der Waals surface area contributed by atoms with Crippen LogP contribution >= 0.6 is 7.82 Å². The van der Waals surface area contributed by atoms with Gasteiger partial charge < -0.3 is 30.7 Å². The van der Waals surface area contributed by atoms with Crippen molar-refractivity contribution in [3.05, 3.63) is 0 Å². The number of esters is 1. The molecule has 6 N–H and O–H groups in total. The molecule has 1 saturated carbocycles. The van der Waals surface area contributed by atoms with Gasteiger partial charge in [-0.1, -0.05) is 13.8 Å². The molecule has 0 aromatic carbocycles. The molecule has 0 aromatic rings. The van der Waals surface area contributed by atoms with Crippen LogP contribution in [-0.2, 0) is 28.2 Å². The third-order valence-corrected chi connectivity index (χ3v) is 5.37. The minimum atomic E-state index is -5.03. The van der Waals surface area contributed by atoms with Gasteiger partial charge in [0.05, 0.1) is 18.8 Å². The van der Waals surface area contributed by atoms with E-state index in [2.05, 4.69) is 0 Å². The number of phosphoric acid groups is 1. The van der Waals surface area contributed by atoms with Gasteiger partial charge in [0, 0.05) is 31.2 Å². The Morgan fingerprint density at radius 1 is 1.22 bits per heavy atom. The Hall–Kier alpha value is -1.03. The molecule has 0 spiro atoms. The Morgan fingerprint density at radius 2 is 1.81 bits per heavy atom. The first-order chi connectivity index (χ1) is 12.5. The van der Waals surface area contributed by atoms with Crippen LogP contribution in [0, 0.1) is 5.92 Å². The third-order valence-electron chi connectivity index (χ3n) is 4.78. The van der Waals surface area contributed by atoms with E-state index in [9.17, 15) is 23.9 Å². The average molecular weight is 410 g/mol. The highest BCUT2D eigenvalue weighted by atomic mass is 31.2. The number of primary amides is 1. The molecular formula is C16H31N2O8P. The van der Waals surface area contributed by atoms with Gasteiger partial charge >= 0.3 is 13.8 Å². The maximum absolute atomic E-state index is 12.5. The summed E-state index contributed by atoms with van der Waals surface area (Å²) in [5.74, 6) is -2.00. The molecule has 1 unspecified atom stereocenters. The summed E-state index contributed by atoms with van der Waals surface area (Å²) in [5, 5.41) is 0. The lowest BCUT2D eigenvalue weighted by Crippen LogP contribution is -2.59. The maximum atomic E-state index is 12.5. The molecule has 4 atom stereocenters. The lowest BCUT2D eigenvalue weighted by Gasteiger charge is -2.45. The zero-order valence-corrected chi connectivity index (χ0v) is 16.9. The van der Waals surface area contributed by atoms with E-state index in [1.807, 2.05) is 13.8 Å². The van der Waals surface area contributed by atoms with Gasteiger partial charge in [-0.05, 0) is 19.8 Å². The van der Waals surface area contributed by atoms with Crippen molar-refractivity contribution in [2.24, 2.45) is 17.4 Å². The van der Waals surface area contributed by atoms with E-state index in [-0.39, 0.29) is 32.0 Å². The van der Waals surface area contributed by atoms with Gasteiger partial charge in [0.1, 0.15) is 0 Å². The van der Waals surface area contributed by atoms with Gasteiger partial charge in [-0.2, -0.15) is 0 Å². The normalized spacial score (nSPS) is 28.9. The smallest absolute Gasteiger partial charge is 0.464 e. The molecule has 1 fully saturated rings. The molecule has 0 bridgehead atoms. The van der Waals surface area contributed by atoms with Crippen molar-refractivity contribution in [1.29, 1.82) is 0 Å². The molecule has 0 radical (unpaired) electrons. The largest absolute Gasteiger partial charge is 0.470 e. The highest BCUT2D eigenvalue weighted by Gasteiger charge is 2.55. The van der Waals surface area contributed by atoms with Crippen molar-refractivity contribution < 1.29 is 37.9 Å². The number of ether oxygens (including phenoxy) is 2. The molecule has 0 heterocycles. The van der Waals surface area contributed by atoms with Crippen molar-refractivity contribution >= 4 is 19.7 Å². The SMILES string of the molecule is CCOC(=O)C1(OP(=O)(O)O)C[C@H](N)[C@@H](CC(N)=O)[C@H](OC(CC)CC)C1. The Morgan fingerprint density at radius 3 is 2.26 bits per heavy atom. The number of nitrogens with two attached hydrogens (primary N) is 2. The second-order valence-electron chi connectivity index (χ2n) is 6.82. The first-order valence-corrected chi connectivity index (χ1v) is 10.6. The summed E-state index contributed by atoms with van der Waals surface area (Å²) in [6, 6.07) is -0.804. The zero-order valence-electron chi connectivity index (χ0n) is 16.0. The van der Waals surface area contributed by atoms with E-state index in [0.717, 1.165) is 0 Å². The van der Waals surface area contributed by atoms with Crippen LogP contribution in [0.25, 0.3) is 0 Å². The van der Waals surface area contributed by atoms with E-state index in [4.69, 9.17) is 25.5 Å². The first-order valence-electron chi connectivity index (χ1n) is 9.10. The first kappa shape index (κ1) is 24.0. The number of carbonyl (C=O) groups is 2. The summed E-state index contributed by atoms with van der Waals surface area (Å²) in [4.78, 5) is 42.7. The van der Waals surface area contributed by atoms with E-state index >= 15 is 0 Å². The van der Waals surface area contributed by atoms with Crippen LogP contribution < -0.4 is 11.5 Å². The summed E-state index contributed by atoms with van der Waals surface area (Å²) in [6.07, 6.45) is -0.0562. The van der Waals surface area contributed by atoms with E-state index in [1.54, 1.807) is 6.92 Å². The summed E-state index contributed by atoms with van der Waals surface area (Å²) < 4.78 is 27.5. The highest BCUT2D eigenvalue weighted by molar-refractivity contribution is 7.46. The topological polar surface area (TPSA) is 171 Å². The van der Waals surface area contributed by atoms with Crippen LogP contribution in [0.5, 0.6) is 0 Å². The molecule has 1 aliphatic carbocycles. The van der Waals surface area contributed by atoms with Crippen LogP contribution in [0.3, 0.4) is 0 Å². The molecule has 27 heavy (non-hydrogen) atoms. The lowest BCUT2D eigenvalue weighted by molar-refractivity contribution is -0.180. The van der Waals surface area contributed by atoms with Gasteiger partial charge in [-0.25, -0.2) is 9.36 Å². The summed E-state index contributed by atoms with van der Waals surface area (Å²) in [7, 11) is -5.03. The quantitative estimate of drug-likeness (QED) is 0.297. The number of amides is 1. The third kappa shape index (κ3) is 6.81. The van der Waals surface area contributed by atoms with E-state index in [0.29, 0.717) is 12.8 Å². The summed E-state index contributed by atoms with van der Waals surface area (Å²) in [5.41, 5.74) is 9.54. The van der Waals surface area contributed by atoms with Gasteiger partial charge in [0.25, 0.3) is 0 Å². The average Bonchev–Trinajstić information content (AvgIpc) is 2.54. The molecule has 1 aliphatic rings. The number of carbonyl (C=O) groups excluding carboxylic acids is 2. The number of rotatable bonds is 10. The van der Waals surface area contributed by atoms with Crippen LogP contribution in [0.15, 0.2) is 0 Å². The summed E-state index contributed by atoms with van der Waals surface area (Å²) >= 11 is 0. The maximum Gasteiger partial charge on any atom is 0.470 e. The Balaban J connectivity index is 3.27. The molecule has 0 saturated heterocycles. The minimum absolute atomic E-state index is 0.00310. The summed E-state index contributed by atoms with van der Waals surface area (Å²) in [6.45, 7) is 5.42. The van der Waals surface area contributed by atoms with E-state index in [1.165, 1.54) is 0 Å². The standard InChI is InChI=1S/C16H31N2O8P/c1-4-10(5-2)25-13-9-16(15(20)24-6-3,26-27(21,22)23)8-12(17)11(13)7-14(18)19/h10-13H,4-9,17H2,1-3H3,(H2,18,19)(H2,21,22,23)/t11-,12+,13-,16?/m1/s1. The van der Waals surface area contributed by atoms with Crippen molar-refractivity contribution in [3.63, 3.8) is 0 Å². The zero-order chi connectivity index (χ0) is 20.8. The molecule has 11 heteroatoms. The van der Waals surface area contributed by atoms with Gasteiger partial charge in [-0.3, -0.25) is 9.32 Å². The number of hydrogen-bond donors (Lipinski definition) is 4. The van der Waals surface area contributed by atoms with Crippen molar-refractivity contribution in [2.45, 2.75) is 76.7 Å². The fourth-order valence-corrected chi connectivity index (χ4v) is 4.21. The molecule has 1 amide bonds. The molecule has 158 valence electrons. The monoisotopic (exact) mass is 410 g/mol.